The average Bonchev–Trinajstić information content (AvgIpc) is 2.75. The van der Waals surface area contributed by atoms with Crippen LogP contribution in [0.25, 0.3) is 0 Å². The Morgan fingerprint density at radius 3 is 2.40 bits per heavy atom. The Bertz CT molecular complexity index is 915. The molecule has 0 saturated carbocycles. The molecule has 1 aliphatic rings. The Hall–Kier alpha value is -3.19. The molecule has 0 spiro atoms. The van der Waals surface area contributed by atoms with Crippen molar-refractivity contribution in [1.82, 2.24) is 10.2 Å². The van der Waals surface area contributed by atoms with E-state index in [0.29, 0.717) is 24.8 Å². The highest BCUT2D eigenvalue weighted by Crippen LogP contribution is 2.30. The number of benzene rings is 2. The third-order valence-corrected chi connectivity index (χ3v) is 5.48. The number of nitrogens with one attached hydrogen (secondary N) is 1. The van der Waals surface area contributed by atoms with E-state index in [2.05, 4.69) is 5.32 Å². The fourth-order valence-corrected chi connectivity index (χ4v) is 3.93. The van der Waals surface area contributed by atoms with Gasteiger partial charge in [0.1, 0.15) is 6.04 Å². The number of hydrogen-bond donors (Lipinski definition) is 3. The third kappa shape index (κ3) is 4.86. The highest BCUT2D eigenvalue weighted by Gasteiger charge is 2.38. The first-order valence-corrected chi connectivity index (χ1v) is 10.0. The van der Waals surface area contributed by atoms with E-state index in [1.54, 1.807) is 19.1 Å². The van der Waals surface area contributed by atoms with Crippen LogP contribution in [0.5, 0.6) is 0 Å². The maximum atomic E-state index is 13.1. The van der Waals surface area contributed by atoms with Crippen molar-refractivity contribution in [2.24, 2.45) is 0 Å². The van der Waals surface area contributed by atoms with Crippen LogP contribution in [0.15, 0.2) is 54.6 Å². The minimum Gasteiger partial charge on any atom is -0.480 e. The van der Waals surface area contributed by atoms with Gasteiger partial charge in [0, 0.05) is 6.54 Å². The van der Waals surface area contributed by atoms with Gasteiger partial charge in [-0.05, 0) is 42.9 Å². The fourth-order valence-electron chi connectivity index (χ4n) is 3.93. The highest BCUT2D eigenvalue weighted by atomic mass is 16.4. The minimum atomic E-state index is -1.10. The van der Waals surface area contributed by atoms with Crippen molar-refractivity contribution in [2.45, 2.75) is 44.3 Å². The lowest BCUT2D eigenvalue weighted by atomic mass is 9.92. The molecule has 2 aromatic rings. The van der Waals surface area contributed by atoms with Crippen LogP contribution in [-0.4, -0.2) is 51.6 Å². The second kappa shape index (κ2) is 9.54. The Balaban J connectivity index is 1.70. The Labute approximate surface area is 175 Å². The van der Waals surface area contributed by atoms with Gasteiger partial charge < -0.3 is 15.1 Å². The summed E-state index contributed by atoms with van der Waals surface area (Å²) in [5.41, 5.74) is 2.54. The Kier molecular flexibility index (Phi) is 6.84. The molecule has 0 aromatic heterocycles. The zero-order valence-corrected chi connectivity index (χ0v) is 16.8. The predicted molar refractivity (Wildman–Crippen MR) is 111 cm³/mol. The number of hydrogen-bond acceptors (Lipinski definition) is 4. The molecule has 3 N–H and O–H groups in total. The molecular formula is C23H26N2O5. The summed E-state index contributed by atoms with van der Waals surface area (Å²) in [5.74, 6) is -2.55. The maximum Gasteiger partial charge on any atom is 0.331 e. The first-order chi connectivity index (χ1) is 14.4. The number of carbonyl (C=O) groups is 3. The van der Waals surface area contributed by atoms with Crippen LogP contribution >= 0.6 is 0 Å². The van der Waals surface area contributed by atoms with Crippen molar-refractivity contribution < 1.29 is 24.6 Å². The SMILES string of the molecule is C[C@H](NC(CCc1ccccc1)C(=O)O)C(=O)N1CCc2ccccc2[C@H]1C(=O)O. The van der Waals surface area contributed by atoms with Gasteiger partial charge in [0.15, 0.2) is 6.04 Å². The molecule has 7 nitrogen and oxygen atoms in total. The molecule has 1 unspecified atom stereocenters. The molecule has 2 aromatic carbocycles. The number of amides is 1. The van der Waals surface area contributed by atoms with Crippen LogP contribution < -0.4 is 5.32 Å². The van der Waals surface area contributed by atoms with E-state index in [-0.39, 0.29) is 6.54 Å². The van der Waals surface area contributed by atoms with Crippen LogP contribution in [0.4, 0.5) is 0 Å². The number of nitrogens with zero attached hydrogens (tertiary/aromatic N) is 1. The van der Waals surface area contributed by atoms with Crippen molar-refractivity contribution >= 4 is 17.8 Å². The van der Waals surface area contributed by atoms with Gasteiger partial charge in [-0.2, -0.15) is 0 Å². The van der Waals surface area contributed by atoms with Gasteiger partial charge in [-0.15, -0.1) is 0 Å². The molecule has 0 bridgehead atoms. The van der Waals surface area contributed by atoms with Gasteiger partial charge in [-0.1, -0.05) is 54.6 Å². The molecule has 158 valence electrons. The number of rotatable bonds is 8. The van der Waals surface area contributed by atoms with E-state index in [4.69, 9.17) is 0 Å². The summed E-state index contributed by atoms with van der Waals surface area (Å²) in [6.07, 6.45) is 1.44. The molecule has 7 heteroatoms. The summed E-state index contributed by atoms with van der Waals surface area (Å²) in [4.78, 5) is 38.0. The fraction of sp³-hybridized carbons (Fsp3) is 0.348. The lowest BCUT2D eigenvalue weighted by molar-refractivity contribution is -0.152. The molecule has 3 atom stereocenters. The predicted octanol–water partition coefficient (Wildman–Crippen LogP) is 2.26. The molecule has 1 amide bonds. The summed E-state index contributed by atoms with van der Waals surface area (Å²) in [6, 6.07) is 13.9. The second-order valence-electron chi connectivity index (χ2n) is 7.52. The molecule has 0 fully saturated rings. The quantitative estimate of drug-likeness (QED) is 0.616. The van der Waals surface area contributed by atoms with Gasteiger partial charge in [-0.25, -0.2) is 4.79 Å². The first-order valence-electron chi connectivity index (χ1n) is 10.0. The van der Waals surface area contributed by atoms with Gasteiger partial charge in [0.2, 0.25) is 5.91 Å². The topological polar surface area (TPSA) is 107 Å². The molecule has 3 rings (SSSR count). The molecule has 0 aliphatic carbocycles. The molecule has 0 saturated heterocycles. The smallest absolute Gasteiger partial charge is 0.331 e. The van der Waals surface area contributed by atoms with E-state index in [0.717, 1.165) is 11.1 Å². The van der Waals surface area contributed by atoms with Crippen LogP contribution in [-0.2, 0) is 27.2 Å². The average molecular weight is 410 g/mol. The third-order valence-electron chi connectivity index (χ3n) is 5.48. The molecule has 1 aliphatic heterocycles. The van der Waals surface area contributed by atoms with Crippen molar-refractivity contribution in [3.63, 3.8) is 0 Å². The standard InChI is InChI=1S/C23H26N2O5/c1-15(24-19(22(27)28)12-11-16-7-3-2-4-8-16)21(26)25-14-13-17-9-5-6-10-18(17)20(25)23(29)30/h2-10,15,19-20,24H,11-14H2,1H3,(H,27,28)(H,29,30)/t15-,19?,20-/m0/s1. The van der Waals surface area contributed by atoms with Crippen LogP contribution in [0, 0.1) is 0 Å². The minimum absolute atomic E-state index is 0.278. The summed E-state index contributed by atoms with van der Waals surface area (Å²) in [5, 5.41) is 22.2. The number of carboxylic acid groups (broad SMARTS) is 2. The number of aryl methyl sites for hydroxylation is 1. The summed E-state index contributed by atoms with van der Waals surface area (Å²) < 4.78 is 0. The number of carboxylic acids is 2. The van der Waals surface area contributed by atoms with Crippen molar-refractivity contribution in [3.8, 4) is 0 Å². The summed E-state index contributed by atoms with van der Waals surface area (Å²) in [7, 11) is 0. The van der Waals surface area contributed by atoms with Crippen LogP contribution in [0.2, 0.25) is 0 Å². The Morgan fingerprint density at radius 2 is 1.73 bits per heavy atom. The van der Waals surface area contributed by atoms with E-state index in [1.807, 2.05) is 42.5 Å². The lowest BCUT2D eigenvalue weighted by Gasteiger charge is -2.36. The van der Waals surface area contributed by atoms with E-state index in [9.17, 15) is 24.6 Å². The van der Waals surface area contributed by atoms with Gasteiger partial charge in [-0.3, -0.25) is 14.9 Å². The van der Waals surface area contributed by atoms with Crippen molar-refractivity contribution in [3.05, 3.63) is 71.3 Å². The van der Waals surface area contributed by atoms with Crippen molar-refractivity contribution in [1.29, 1.82) is 0 Å². The second-order valence-corrected chi connectivity index (χ2v) is 7.52. The largest absolute Gasteiger partial charge is 0.480 e. The van der Waals surface area contributed by atoms with E-state index in [1.165, 1.54) is 4.90 Å². The number of fused-ring (bicyclic) bond motifs is 1. The van der Waals surface area contributed by atoms with Gasteiger partial charge in [0.05, 0.1) is 6.04 Å². The van der Waals surface area contributed by atoms with E-state index < -0.39 is 36.0 Å². The number of aliphatic carboxylic acids is 2. The number of carbonyl (C=O) groups excluding carboxylic acids is 1. The van der Waals surface area contributed by atoms with E-state index >= 15 is 0 Å². The van der Waals surface area contributed by atoms with Crippen molar-refractivity contribution in [2.75, 3.05) is 6.54 Å². The summed E-state index contributed by atoms with van der Waals surface area (Å²) in [6.45, 7) is 1.86. The van der Waals surface area contributed by atoms with Gasteiger partial charge >= 0.3 is 11.9 Å². The first kappa shape index (κ1) is 21.5. The maximum absolute atomic E-state index is 13.1. The monoisotopic (exact) mass is 410 g/mol. The molecular weight excluding hydrogens is 384 g/mol. The summed E-state index contributed by atoms with van der Waals surface area (Å²) >= 11 is 0. The molecule has 0 radical (unpaired) electrons. The normalized spacial score (nSPS) is 17.6. The molecule has 30 heavy (non-hydrogen) atoms. The zero-order chi connectivity index (χ0) is 21.7. The Morgan fingerprint density at radius 1 is 1.07 bits per heavy atom. The van der Waals surface area contributed by atoms with Crippen LogP contribution in [0.1, 0.15) is 36.1 Å². The van der Waals surface area contributed by atoms with Crippen LogP contribution in [0.3, 0.4) is 0 Å². The van der Waals surface area contributed by atoms with Gasteiger partial charge in [0.25, 0.3) is 0 Å². The zero-order valence-electron chi connectivity index (χ0n) is 16.8. The molecule has 1 heterocycles. The lowest BCUT2D eigenvalue weighted by Crippen LogP contribution is -2.54. The highest BCUT2D eigenvalue weighted by molar-refractivity contribution is 5.88.